The Morgan fingerprint density at radius 2 is 2.07 bits per heavy atom. The van der Waals surface area contributed by atoms with Gasteiger partial charge in [0.25, 0.3) is 0 Å². The van der Waals surface area contributed by atoms with Gasteiger partial charge in [0.15, 0.2) is 0 Å². The van der Waals surface area contributed by atoms with E-state index >= 15 is 0 Å². The number of aryl methyl sites for hydroxylation is 1. The molecule has 0 aliphatic heterocycles. The van der Waals surface area contributed by atoms with Crippen LogP contribution in [0.25, 0.3) is 11.5 Å². The summed E-state index contributed by atoms with van der Waals surface area (Å²) in [7, 11) is 0. The zero-order chi connectivity index (χ0) is 10.8. The molecule has 0 aliphatic rings. The number of alkyl halides is 1. The predicted octanol–water partition coefficient (Wildman–Crippen LogP) is 4.04. The van der Waals surface area contributed by atoms with E-state index in [4.69, 9.17) is 27.6 Å². The van der Waals surface area contributed by atoms with Gasteiger partial charge in [-0.15, -0.1) is 11.6 Å². The van der Waals surface area contributed by atoms with Crippen LogP contribution in [0.3, 0.4) is 0 Å². The van der Waals surface area contributed by atoms with Crippen molar-refractivity contribution in [3.05, 3.63) is 40.7 Å². The van der Waals surface area contributed by atoms with Crippen LogP contribution in [0.15, 0.2) is 28.7 Å². The van der Waals surface area contributed by atoms with Gasteiger partial charge in [0.2, 0.25) is 5.89 Å². The minimum Gasteiger partial charge on any atom is -0.441 e. The Morgan fingerprint density at radius 1 is 1.33 bits per heavy atom. The number of hydrogen-bond donors (Lipinski definition) is 0. The maximum Gasteiger partial charge on any atom is 0.228 e. The molecule has 0 radical (unpaired) electrons. The van der Waals surface area contributed by atoms with Crippen molar-refractivity contribution < 1.29 is 4.42 Å². The molecule has 2 rings (SSSR count). The van der Waals surface area contributed by atoms with E-state index < -0.39 is 0 Å². The molecule has 0 saturated carbocycles. The summed E-state index contributed by atoms with van der Waals surface area (Å²) < 4.78 is 5.49. The molecule has 0 atom stereocenters. The molecule has 78 valence electrons. The molecule has 0 spiro atoms. The van der Waals surface area contributed by atoms with E-state index in [0.29, 0.717) is 16.8 Å². The molecule has 0 N–H and O–H groups in total. The fourth-order valence-electron chi connectivity index (χ4n) is 1.30. The van der Waals surface area contributed by atoms with Gasteiger partial charge in [-0.25, -0.2) is 4.98 Å². The van der Waals surface area contributed by atoms with Crippen molar-refractivity contribution >= 4 is 23.2 Å². The number of benzene rings is 1. The fraction of sp³-hybridized carbons (Fsp3) is 0.182. The largest absolute Gasteiger partial charge is 0.441 e. The lowest BCUT2D eigenvalue weighted by atomic mass is 10.2. The fourth-order valence-corrected chi connectivity index (χ4v) is 1.77. The van der Waals surface area contributed by atoms with Gasteiger partial charge in [0, 0.05) is 0 Å². The van der Waals surface area contributed by atoms with Gasteiger partial charge in [-0.3, -0.25) is 0 Å². The molecule has 1 heterocycles. The van der Waals surface area contributed by atoms with E-state index in [9.17, 15) is 0 Å². The first-order chi connectivity index (χ1) is 7.22. The lowest BCUT2D eigenvalue weighted by Crippen LogP contribution is -1.81. The molecule has 0 amide bonds. The van der Waals surface area contributed by atoms with Crippen LogP contribution in [0.1, 0.15) is 11.5 Å². The second-order valence-corrected chi connectivity index (χ2v) is 3.81. The zero-order valence-corrected chi connectivity index (χ0v) is 9.64. The van der Waals surface area contributed by atoms with E-state index in [1.165, 1.54) is 0 Å². The van der Waals surface area contributed by atoms with Crippen LogP contribution < -0.4 is 0 Å². The molecule has 15 heavy (non-hydrogen) atoms. The minimum atomic E-state index is 0.347. The molecule has 1 aromatic carbocycles. The number of halogens is 2. The Kier molecular flexibility index (Phi) is 2.98. The number of rotatable bonds is 2. The summed E-state index contributed by atoms with van der Waals surface area (Å²) >= 11 is 11.7. The summed E-state index contributed by atoms with van der Waals surface area (Å²) in [6.07, 6.45) is 0. The van der Waals surface area contributed by atoms with Gasteiger partial charge in [0.05, 0.1) is 22.2 Å². The lowest BCUT2D eigenvalue weighted by Gasteiger charge is -1.97. The highest BCUT2D eigenvalue weighted by Gasteiger charge is 2.12. The van der Waals surface area contributed by atoms with E-state index in [2.05, 4.69) is 4.98 Å². The van der Waals surface area contributed by atoms with Gasteiger partial charge in [0.1, 0.15) is 5.76 Å². The number of nitrogens with zero attached hydrogens (tertiary/aromatic N) is 1. The summed E-state index contributed by atoms with van der Waals surface area (Å²) in [5, 5.41) is 0.625. The standard InChI is InChI=1S/C11H9Cl2NO/c1-7-10(6-12)14-11(15-7)8-4-2-3-5-9(8)13/h2-5H,6H2,1H3. The normalized spacial score (nSPS) is 10.6. The lowest BCUT2D eigenvalue weighted by molar-refractivity contribution is 0.540. The monoisotopic (exact) mass is 241 g/mol. The quantitative estimate of drug-likeness (QED) is 0.742. The van der Waals surface area contributed by atoms with Gasteiger partial charge >= 0.3 is 0 Å². The van der Waals surface area contributed by atoms with Crippen LogP contribution >= 0.6 is 23.2 Å². The molecule has 1 aromatic heterocycles. The van der Waals surface area contributed by atoms with Crippen molar-refractivity contribution in [3.63, 3.8) is 0 Å². The Hall–Kier alpha value is -0.990. The Labute approximate surface area is 97.8 Å². The summed E-state index contributed by atoms with van der Waals surface area (Å²) in [6, 6.07) is 7.42. The van der Waals surface area contributed by atoms with E-state index in [1.807, 2.05) is 25.1 Å². The molecule has 0 saturated heterocycles. The molecule has 0 fully saturated rings. The molecule has 2 aromatic rings. The van der Waals surface area contributed by atoms with E-state index in [0.717, 1.165) is 17.0 Å². The third-order valence-electron chi connectivity index (χ3n) is 2.12. The van der Waals surface area contributed by atoms with Gasteiger partial charge in [-0.2, -0.15) is 0 Å². The highest BCUT2D eigenvalue weighted by atomic mass is 35.5. The molecular weight excluding hydrogens is 233 g/mol. The third-order valence-corrected chi connectivity index (χ3v) is 2.71. The second kappa shape index (κ2) is 4.25. The van der Waals surface area contributed by atoms with Gasteiger partial charge < -0.3 is 4.42 Å². The zero-order valence-electron chi connectivity index (χ0n) is 8.13. The molecule has 0 unspecified atom stereocenters. The summed E-state index contributed by atoms with van der Waals surface area (Å²) in [5.74, 6) is 1.61. The number of oxazole rings is 1. The first-order valence-electron chi connectivity index (χ1n) is 4.49. The minimum absolute atomic E-state index is 0.347. The first-order valence-corrected chi connectivity index (χ1v) is 5.41. The van der Waals surface area contributed by atoms with Gasteiger partial charge in [-0.05, 0) is 19.1 Å². The van der Waals surface area contributed by atoms with Crippen molar-refractivity contribution in [2.75, 3.05) is 0 Å². The highest BCUT2D eigenvalue weighted by Crippen LogP contribution is 2.28. The predicted molar refractivity (Wildman–Crippen MR) is 61.2 cm³/mol. The van der Waals surface area contributed by atoms with Crippen LogP contribution in [0.5, 0.6) is 0 Å². The Bertz CT molecular complexity index is 479. The molecule has 0 bridgehead atoms. The molecule has 0 aliphatic carbocycles. The molecule has 4 heteroatoms. The van der Waals surface area contributed by atoms with Crippen LogP contribution in [-0.4, -0.2) is 4.98 Å². The summed E-state index contributed by atoms with van der Waals surface area (Å²) in [4.78, 5) is 4.28. The summed E-state index contributed by atoms with van der Waals surface area (Å²) in [6.45, 7) is 1.84. The second-order valence-electron chi connectivity index (χ2n) is 3.14. The van der Waals surface area contributed by atoms with Gasteiger partial charge in [-0.1, -0.05) is 23.7 Å². The molecule has 2 nitrogen and oxygen atoms in total. The van der Waals surface area contributed by atoms with Crippen molar-refractivity contribution in [1.82, 2.24) is 4.98 Å². The van der Waals surface area contributed by atoms with Crippen LogP contribution in [0.4, 0.5) is 0 Å². The van der Waals surface area contributed by atoms with Crippen molar-refractivity contribution in [2.24, 2.45) is 0 Å². The Balaban J connectivity index is 2.50. The van der Waals surface area contributed by atoms with Crippen LogP contribution in [0.2, 0.25) is 5.02 Å². The average molecular weight is 242 g/mol. The van der Waals surface area contributed by atoms with Crippen LogP contribution in [-0.2, 0) is 5.88 Å². The van der Waals surface area contributed by atoms with Crippen molar-refractivity contribution in [3.8, 4) is 11.5 Å². The maximum absolute atomic E-state index is 6.03. The third kappa shape index (κ3) is 2.01. The van der Waals surface area contributed by atoms with Crippen molar-refractivity contribution in [2.45, 2.75) is 12.8 Å². The SMILES string of the molecule is Cc1oc(-c2ccccc2Cl)nc1CCl. The van der Waals surface area contributed by atoms with E-state index in [-0.39, 0.29) is 0 Å². The number of hydrogen-bond acceptors (Lipinski definition) is 2. The first kappa shape index (κ1) is 10.5. The molecular formula is C11H9Cl2NO. The maximum atomic E-state index is 6.03. The highest BCUT2D eigenvalue weighted by molar-refractivity contribution is 6.33. The van der Waals surface area contributed by atoms with E-state index in [1.54, 1.807) is 6.07 Å². The van der Waals surface area contributed by atoms with Crippen molar-refractivity contribution in [1.29, 1.82) is 0 Å². The smallest absolute Gasteiger partial charge is 0.228 e. The average Bonchev–Trinajstić information content (AvgIpc) is 2.60. The summed E-state index contributed by atoms with van der Waals surface area (Å²) in [5.41, 5.74) is 1.55. The Morgan fingerprint density at radius 3 is 2.67 bits per heavy atom. The topological polar surface area (TPSA) is 26.0 Å². The number of aromatic nitrogens is 1. The van der Waals surface area contributed by atoms with Crippen LogP contribution in [0, 0.1) is 6.92 Å².